The fraction of sp³-hybridized carbons (Fsp3) is 0. The number of nitrogens with zero attached hydrogens (tertiary/aromatic N) is 4. The van der Waals surface area contributed by atoms with Crippen molar-refractivity contribution >= 4 is 17.2 Å². The normalized spacial score (nSPS) is 10.4. The summed E-state index contributed by atoms with van der Waals surface area (Å²) in [6.45, 7) is 0. The Balaban J connectivity index is 2.17. The lowest BCUT2D eigenvalue weighted by molar-refractivity contribution is 0.962. The van der Waals surface area contributed by atoms with Crippen LogP contribution in [0.5, 0.6) is 0 Å². The first-order chi connectivity index (χ1) is 8.76. The van der Waals surface area contributed by atoms with Gasteiger partial charge in [-0.1, -0.05) is 23.7 Å². The molecule has 0 aliphatic heterocycles. The van der Waals surface area contributed by atoms with E-state index in [1.807, 2.05) is 18.2 Å². The van der Waals surface area contributed by atoms with Gasteiger partial charge in [-0.25, -0.2) is 9.50 Å². The van der Waals surface area contributed by atoms with E-state index >= 15 is 0 Å². The van der Waals surface area contributed by atoms with Gasteiger partial charge in [-0.15, -0.1) is 5.10 Å². The summed E-state index contributed by atoms with van der Waals surface area (Å²) in [7, 11) is 0. The molecule has 0 unspecified atom stereocenters. The minimum atomic E-state index is 0.546. The van der Waals surface area contributed by atoms with Crippen LogP contribution in [0.1, 0.15) is 5.56 Å². The van der Waals surface area contributed by atoms with E-state index in [4.69, 9.17) is 16.9 Å². The lowest BCUT2D eigenvalue weighted by Crippen LogP contribution is -1.88. The maximum Gasteiger partial charge on any atom is 0.182 e. The molecule has 1 aromatic carbocycles. The fourth-order valence-electron chi connectivity index (χ4n) is 1.70. The topological polar surface area (TPSA) is 54.0 Å². The zero-order valence-electron chi connectivity index (χ0n) is 9.21. The van der Waals surface area contributed by atoms with Gasteiger partial charge < -0.3 is 0 Å². The maximum atomic E-state index is 8.83. The van der Waals surface area contributed by atoms with Gasteiger partial charge in [-0.3, -0.25) is 0 Å². The number of pyridine rings is 1. The zero-order chi connectivity index (χ0) is 12.5. The Labute approximate surface area is 108 Å². The minimum Gasteiger partial charge on any atom is -0.219 e. The molecular weight excluding hydrogens is 248 g/mol. The Morgan fingerprint density at radius 2 is 2.11 bits per heavy atom. The van der Waals surface area contributed by atoms with Crippen LogP contribution in [0.3, 0.4) is 0 Å². The SMILES string of the molecule is N#Cc1ccc2nc(-c3cccc(Cl)c3)nn2c1. The largest absolute Gasteiger partial charge is 0.219 e. The second-order valence-corrected chi connectivity index (χ2v) is 4.21. The summed E-state index contributed by atoms with van der Waals surface area (Å²) in [5.41, 5.74) is 2.10. The van der Waals surface area contributed by atoms with Gasteiger partial charge in [-0.05, 0) is 24.3 Å². The molecule has 0 saturated heterocycles. The average molecular weight is 255 g/mol. The van der Waals surface area contributed by atoms with E-state index in [1.54, 1.807) is 28.9 Å². The third-order valence-electron chi connectivity index (χ3n) is 2.54. The van der Waals surface area contributed by atoms with Crippen LogP contribution in [0.25, 0.3) is 17.0 Å². The molecule has 4 nitrogen and oxygen atoms in total. The van der Waals surface area contributed by atoms with Crippen molar-refractivity contribution in [1.29, 1.82) is 5.26 Å². The molecule has 3 aromatic rings. The number of nitriles is 1. The Kier molecular flexibility index (Phi) is 2.47. The van der Waals surface area contributed by atoms with Crippen molar-refractivity contribution in [3.63, 3.8) is 0 Å². The van der Waals surface area contributed by atoms with E-state index in [0.717, 1.165) is 5.56 Å². The van der Waals surface area contributed by atoms with Crippen LogP contribution in [0, 0.1) is 11.3 Å². The Bertz CT molecular complexity index is 770. The predicted octanol–water partition coefficient (Wildman–Crippen LogP) is 2.92. The van der Waals surface area contributed by atoms with Crippen molar-refractivity contribution in [1.82, 2.24) is 14.6 Å². The number of fused-ring (bicyclic) bond motifs is 1. The highest BCUT2D eigenvalue weighted by atomic mass is 35.5. The smallest absolute Gasteiger partial charge is 0.182 e. The van der Waals surface area contributed by atoms with Crippen molar-refractivity contribution in [3.05, 3.63) is 53.2 Å². The van der Waals surface area contributed by atoms with Crippen molar-refractivity contribution in [2.24, 2.45) is 0 Å². The van der Waals surface area contributed by atoms with Gasteiger partial charge in [0.1, 0.15) is 6.07 Å². The number of hydrogen-bond donors (Lipinski definition) is 0. The van der Waals surface area contributed by atoms with Crippen LogP contribution < -0.4 is 0 Å². The van der Waals surface area contributed by atoms with Crippen molar-refractivity contribution in [2.45, 2.75) is 0 Å². The molecule has 5 heteroatoms. The number of benzene rings is 1. The molecular formula is C13H7ClN4. The lowest BCUT2D eigenvalue weighted by Gasteiger charge is -1.94. The fourth-order valence-corrected chi connectivity index (χ4v) is 1.89. The quantitative estimate of drug-likeness (QED) is 0.671. The van der Waals surface area contributed by atoms with Crippen LogP contribution in [0.2, 0.25) is 5.02 Å². The standard InChI is InChI=1S/C13H7ClN4/c14-11-3-1-2-10(6-11)13-16-12-5-4-9(7-15)8-18(12)17-13/h1-6,8H. The molecule has 2 heterocycles. The van der Waals surface area contributed by atoms with E-state index in [2.05, 4.69) is 16.2 Å². The molecule has 0 saturated carbocycles. The molecule has 0 spiro atoms. The van der Waals surface area contributed by atoms with Gasteiger partial charge in [-0.2, -0.15) is 5.26 Å². The number of aromatic nitrogens is 3. The summed E-state index contributed by atoms with van der Waals surface area (Å²) in [6.07, 6.45) is 1.65. The highest BCUT2D eigenvalue weighted by Crippen LogP contribution is 2.20. The summed E-state index contributed by atoms with van der Waals surface area (Å²) in [5.74, 6) is 0.590. The van der Waals surface area contributed by atoms with Gasteiger partial charge in [0.25, 0.3) is 0 Å². The summed E-state index contributed by atoms with van der Waals surface area (Å²) in [6, 6.07) is 12.9. The second-order valence-electron chi connectivity index (χ2n) is 3.78. The first-order valence-corrected chi connectivity index (χ1v) is 5.66. The van der Waals surface area contributed by atoms with Gasteiger partial charge in [0.2, 0.25) is 0 Å². The van der Waals surface area contributed by atoms with Crippen LogP contribution >= 0.6 is 11.6 Å². The lowest BCUT2D eigenvalue weighted by atomic mass is 10.2. The summed E-state index contributed by atoms with van der Waals surface area (Å²) >= 11 is 5.94. The van der Waals surface area contributed by atoms with Gasteiger partial charge >= 0.3 is 0 Å². The highest BCUT2D eigenvalue weighted by molar-refractivity contribution is 6.30. The van der Waals surface area contributed by atoms with E-state index < -0.39 is 0 Å². The molecule has 0 aliphatic rings. The Hall–Kier alpha value is -2.38. The van der Waals surface area contributed by atoms with Crippen LogP contribution in [-0.4, -0.2) is 14.6 Å². The monoisotopic (exact) mass is 254 g/mol. The van der Waals surface area contributed by atoms with Gasteiger partial charge in [0, 0.05) is 16.8 Å². The van der Waals surface area contributed by atoms with Crippen molar-refractivity contribution < 1.29 is 0 Å². The maximum absolute atomic E-state index is 8.83. The molecule has 0 fully saturated rings. The Morgan fingerprint density at radius 3 is 2.89 bits per heavy atom. The molecule has 0 bridgehead atoms. The zero-order valence-corrected chi connectivity index (χ0v) is 9.96. The molecule has 18 heavy (non-hydrogen) atoms. The van der Waals surface area contributed by atoms with Crippen molar-refractivity contribution in [3.8, 4) is 17.5 Å². The van der Waals surface area contributed by atoms with Crippen molar-refractivity contribution in [2.75, 3.05) is 0 Å². The molecule has 2 aromatic heterocycles. The van der Waals surface area contributed by atoms with E-state index in [0.29, 0.717) is 22.1 Å². The number of halogens is 1. The first kappa shape index (κ1) is 10.8. The highest BCUT2D eigenvalue weighted by Gasteiger charge is 2.06. The molecule has 86 valence electrons. The third kappa shape index (κ3) is 1.81. The average Bonchev–Trinajstić information content (AvgIpc) is 2.81. The summed E-state index contributed by atoms with van der Waals surface area (Å²) in [4.78, 5) is 4.38. The number of hydrogen-bond acceptors (Lipinski definition) is 3. The molecule has 0 aliphatic carbocycles. The van der Waals surface area contributed by atoms with Crippen LogP contribution in [0.15, 0.2) is 42.6 Å². The first-order valence-electron chi connectivity index (χ1n) is 5.29. The van der Waals surface area contributed by atoms with Crippen LogP contribution in [0.4, 0.5) is 0 Å². The summed E-state index contributed by atoms with van der Waals surface area (Å²) in [5, 5.41) is 13.8. The van der Waals surface area contributed by atoms with Gasteiger partial charge in [0.05, 0.1) is 5.56 Å². The van der Waals surface area contributed by atoms with E-state index in [1.165, 1.54) is 0 Å². The number of rotatable bonds is 1. The van der Waals surface area contributed by atoms with E-state index in [-0.39, 0.29) is 0 Å². The van der Waals surface area contributed by atoms with Gasteiger partial charge in [0.15, 0.2) is 11.5 Å². The molecule has 3 rings (SSSR count). The van der Waals surface area contributed by atoms with E-state index in [9.17, 15) is 0 Å². The third-order valence-corrected chi connectivity index (χ3v) is 2.78. The molecule has 0 N–H and O–H groups in total. The predicted molar refractivity (Wildman–Crippen MR) is 68.1 cm³/mol. The second kappa shape index (κ2) is 4.13. The minimum absolute atomic E-state index is 0.546. The molecule has 0 radical (unpaired) electrons. The molecule has 0 amide bonds. The van der Waals surface area contributed by atoms with Crippen LogP contribution in [-0.2, 0) is 0 Å². The molecule has 0 atom stereocenters. The Morgan fingerprint density at radius 1 is 1.22 bits per heavy atom. The summed E-state index contributed by atoms with van der Waals surface area (Å²) < 4.78 is 1.59.